The Morgan fingerprint density at radius 3 is 3.30 bits per heavy atom. The topological polar surface area (TPSA) is 38.9 Å². The maximum atomic E-state index is 5.00. The second-order valence-electron chi connectivity index (χ2n) is 2.12. The molecule has 0 saturated heterocycles. The van der Waals surface area contributed by atoms with E-state index in [-0.39, 0.29) is 0 Å². The van der Waals surface area contributed by atoms with Gasteiger partial charge in [-0.1, -0.05) is 0 Å². The summed E-state index contributed by atoms with van der Waals surface area (Å²) < 4.78 is 5.00. The van der Waals surface area contributed by atoms with E-state index < -0.39 is 0 Å². The van der Waals surface area contributed by atoms with Crippen molar-refractivity contribution in [3.8, 4) is 0 Å². The van der Waals surface area contributed by atoms with Gasteiger partial charge in [0.1, 0.15) is 5.52 Å². The molecule has 50 valence electrons. The monoisotopic (exact) mass is 134 g/mol. The first-order chi connectivity index (χ1) is 4.86. The number of nitrogens with zero attached hydrogens (tertiary/aromatic N) is 2. The van der Waals surface area contributed by atoms with Crippen LogP contribution in [-0.4, -0.2) is 9.97 Å². The van der Waals surface area contributed by atoms with Crippen LogP contribution in [0.4, 0.5) is 0 Å². The molecule has 0 N–H and O–H groups in total. The fourth-order valence-electron chi connectivity index (χ4n) is 0.847. The van der Waals surface area contributed by atoms with Crippen molar-refractivity contribution in [1.82, 2.24) is 9.97 Å². The van der Waals surface area contributed by atoms with Gasteiger partial charge in [0.25, 0.3) is 0 Å². The molecule has 0 radical (unpaired) electrons. The molecule has 10 heavy (non-hydrogen) atoms. The number of aryl methyl sites for hydroxylation is 1. The van der Waals surface area contributed by atoms with Crippen molar-refractivity contribution in [3.63, 3.8) is 0 Å². The van der Waals surface area contributed by atoms with E-state index in [0.717, 1.165) is 11.2 Å². The van der Waals surface area contributed by atoms with E-state index in [4.69, 9.17) is 4.42 Å². The van der Waals surface area contributed by atoms with E-state index in [0.29, 0.717) is 5.71 Å². The second kappa shape index (κ2) is 1.80. The van der Waals surface area contributed by atoms with Crippen molar-refractivity contribution in [2.75, 3.05) is 0 Å². The smallest absolute Gasteiger partial charge is 0.245 e. The van der Waals surface area contributed by atoms with E-state index in [9.17, 15) is 0 Å². The zero-order valence-corrected chi connectivity index (χ0v) is 5.53. The van der Waals surface area contributed by atoms with Crippen molar-refractivity contribution >= 4 is 11.2 Å². The Balaban J connectivity index is 2.86. The predicted octanol–water partition coefficient (Wildman–Crippen LogP) is 1.53. The van der Waals surface area contributed by atoms with Gasteiger partial charge in [0, 0.05) is 6.07 Å². The third-order valence-corrected chi connectivity index (χ3v) is 1.29. The minimum atomic E-state index is 0.602. The molecule has 0 fully saturated rings. The molecule has 2 aromatic rings. The SMILES string of the molecule is Cc1cnc2occc2n1. The first-order valence-electron chi connectivity index (χ1n) is 3.03. The maximum absolute atomic E-state index is 5.00. The Hall–Kier alpha value is -1.38. The lowest BCUT2D eigenvalue weighted by Crippen LogP contribution is -1.81. The highest BCUT2D eigenvalue weighted by Crippen LogP contribution is 2.08. The molecule has 0 aromatic carbocycles. The normalized spacial score (nSPS) is 10.5. The van der Waals surface area contributed by atoms with Crippen LogP contribution < -0.4 is 0 Å². The molecule has 2 heterocycles. The molecule has 0 aliphatic carbocycles. The number of hydrogen-bond donors (Lipinski definition) is 0. The largest absolute Gasteiger partial charge is 0.445 e. The minimum Gasteiger partial charge on any atom is -0.445 e. The van der Waals surface area contributed by atoms with E-state index in [1.54, 1.807) is 18.5 Å². The Morgan fingerprint density at radius 1 is 1.50 bits per heavy atom. The molecule has 0 spiro atoms. The highest BCUT2D eigenvalue weighted by atomic mass is 16.3. The van der Waals surface area contributed by atoms with Crippen LogP contribution in [0.25, 0.3) is 11.2 Å². The van der Waals surface area contributed by atoms with Crippen molar-refractivity contribution in [3.05, 3.63) is 24.2 Å². The fourth-order valence-corrected chi connectivity index (χ4v) is 0.847. The first kappa shape index (κ1) is 5.41. The maximum Gasteiger partial charge on any atom is 0.245 e. The fraction of sp³-hybridized carbons (Fsp3) is 0.143. The molecule has 2 aromatic heterocycles. The van der Waals surface area contributed by atoms with Gasteiger partial charge in [-0.2, -0.15) is 0 Å². The molecule has 3 nitrogen and oxygen atoms in total. The Morgan fingerprint density at radius 2 is 2.40 bits per heavy atom. The van der Waals surface area contributed by atoms with Crippen LogP contribution in [0.2, 0.25) is 0 Å². The Labute approximate surface area is 57.7 Å². The highest BCUT2D eigenvalue weighted by molar-refractivity contribution is 5.67. The third-order valence-electron chi connectivity index (χ3n) is 1.29. The number of fused-ring (bicyclic) bond motifs is 1. The van der Waals surface area contributed by atoms with Gasteiger partial charge in [0.2, 0.25) is 5.71 Å². The molecular formula is C7H6N2O. The molecule has 0 amide bonds. The molecular weight excluding hydrogens is 128 g/mol. The van der Waals surface area contributed by atoms with E-state index in [2.05, 4.69) is 9.97 Å². The van der Waals surface area contributed by atoms with E-state index in [1.807, 2.05) is 6.92 Å². The number of furan rings is 1. The molecule has 0 bridgehead atoms. The first-order valence-corrected chi connectivity index (χ1v) is 3.03. The van der Waals surface area contributed by atoms with Crippen LogP contribution in [-0.2, 0) is 0 Å². The summed E-state index contributed by atoms with van der Waals surface area (Å²) in [6.45, 7) is 1.90. The summed E-state index contributed by atoms with van der Waals surface area (Å²) in [5.41, 5.74) is 2.33. The second-order valence-corrected chi connectivity index (χ2v) is 2.12. The van der Waals surface area contributed by atoms with Gasteiger partial charge in [0.15, 0.2) is 0 Å². The summed E-state index contributed by atoms with van der Waals surface area (Å²) in [6.07, 6.45) is 3.27. The number of aromatic nitrogens is 2. The molecule has 0 unspecified atom stereocenters. The van der Waals surface area contributed by atoms with Crippen LogP contribution >= 0.6 is 0 Å². The van der Waals surface area contributed by atoms with E-state index >= 15 is 0 Å². The summed E-state index contributed by atoms with van der Waals surface area (Å²) in [4.78, 5) is 8.19. The zero-order chi connectivity index (χ0) is 6.97. The zero-order valence-electron chi connectivity index (χ0n) is 5.53. The van der Waals surface area contributed by atoms with Crippen molar-refractivity contribution in [2.24, 2.45) is 0 Å². The molecule has 3 heteroatoms. The average Bonchev–Trinajstić information content (AvgIpc) is 2.33. The number of rotatable bonds is 0. The lowest BCUT2D eigenvalue weighted by Gasteiger charge is -1.87. The molecule has 0 aliphatic heterocycles. The molecule has 0 atom stereocenters. The van der Waals surface area contributed by atoms with Crippen molar-refractivity contribution in [2.45, 2.75) is 6.92 Å². The highest BCUT2D eigenvalue weighted by Gasteiger charge is 1.96. The molecule has 2 rings (SSSR count). The minimum absolute atomic E-state index is 0.602. The standard InChI is InChI=1S/C7H6N2O/c1-5-4-8-7-6(9-5)2-3-10-7/h2-4H,1H3. The summed E-state index contributed by atoms with van der Waals surface area (Å²) >= 11 is 0. The van der Waals surface area contributed by atoms with Gasteiger partial charge in [-0.3, -0.25) is 0 Å². The Bertz CT molecular complexity index is 353. The van der Waals surface area contributed by atoms with Crippen LogP contribution in [0.3, 0.4) is 0 Å². The summed E-state index contributed by atoms with van der Waals surface area (Å²) in [5.74, 6) is 0. The van der Waals surface area contributed by atoms with Crippen LogP contribution in [0.5, 0.6) is 0 Å². The van der Waals surface area contributed by atoms with Crippen LogP contribution in [0.1, 0.15) is 5.69 Å². The quantitative estimate of drug-likeness (QED) is 0.548. The van der Waals surface area contributed by atoms with Gasteiger partial charge in [0.05, 0.1) is 18.2 Å². The lowest BCUT2D eigenvalue weighted by molar-refractivity contribution is 0.602. The average molecular weight is 134 g/mol. The van der Waals surface area contributed by atoms with Gasteiger partial charge in [-0.05, 0) is 6.92 Å². The number of hydrogen-bond acceptors (Lipinski definition) is 3. The van der Waals surface area contributed by atoms with Crippen molar-refractivity contribution < 1.29 is 4.42 Å². The summed E-state index contributed by atoms with van der Waals surface area (Å²) in [6, 6.07) is 1.80. The van der Waals surface area contributed by atoms with Gasteiger partial charge in [-0.25, -0.2) is 9.97 Å². The van der Waals surface area contributed by atoms with Gasteiger partial charge in [-0.15, -0.1) is 0 Å². The lowest BCUT2D eigenvalue weighted by atomic mass is 10.5. The third kappa shape index (κ3) is 0.673. The molecule has 0 saturated carbocycles. The Kier molecular flexibility index (Phi) is 0.974. The van der Waals surface area contributed by atoms with Gasteiger partial charge < -0.3 is 4.42 Å². The van der Waals surface area contributed by atoms with Crippen LogP contribution in [0.15, 0.2) is 22.9 Å². The van der Waals surface area contributed by atoms with Crippen LogP contribution in [0, 0.1) is 6.92 Å². The van der Waals surface area contributed by atoms with E-state index in [1.165, 1.54) is 0 Å². The summed E-state index contributed by atoms with van der Waals surface area (Å²) in [7, 11) is 0. The van der Waals surface area contributed by atoms with Crippen molar-refractivity contribution in [1.29, 1.82) is 0 Å². The predicted molar refractivity (Wildman–Crippen MR) is 36.5 cm³/mol. The molecule has 0 aliphatic rings. The summed E-state index contributed by atoms with van der Waals surface area (Å²) in [5, 5.41) is 0. The van der Waals surface area contributed by atoms with Gasteiger partial charge >= 0.3 is 0 Å².